The number of ether oxygens (including phenoxy) is 1. The molecule has 3 rings (SSSR count). The Kier molecular flexibility index (Phi) is 5.28. The van der Waals surface area contributed by atoms with Gasteiger partial charge < -0.3 is 14.6 Å². The molecule has 1 N–H and O–H groups in total. The van der Waals surface area contributed by atoms with E-state index >= 15 is 0 Å². The van der Waals surface area contributed by atoms with Crippen LogP contribution in [-0.4, -0.2) is 11.1 Å². The Labute approximate surface area is 156 Å². The van der Waals surface area contributed by atoms with Crippen molar-refractivity contribution < 1.29 is 14.1 Å². The standard InChI is InChI=1S/C20H19ClN2O3/c1-12-8-9-15(10-13(12)2)22-20(24)19-16(14(3)26-23-19)11-25-18-7-5-4-6-17(18)21/h4-10H,11H2,1-3H3,(H,22,24). The largest absolute Gasteiger partial charge is 0.487 e. The van der Waals surface area contributed by atoms with Gasteiger partial charge in [-0.05, 0) is 56.2 Å². The maximum Gasteiger partial charge on any atom is 0.278 e. The summed E-state index contributed by atoms with van der Waals surface area (Å²) >= 11 is 6.10. The molecule has 134 valence electrons. The lowest BCUT2D eigenvalue weighted by Gasteiger charge is -2.09. The molecule has 0 radical (unpaired) electrons. The zero-order chi connectivity index (χ0) is 18.7. The topological polar surface area (TPSA) is 64.4 Å². The molecule has 1 heterocycles. The molecule has 0 aliphatic carbocycles. The van der Waals surface area contributed by atoms with Crippen molar-refractivity contribution >= 4 is 23.2 Å². The molecule has 26 heavy (non-hydrogen) atoms. The average molecular weight is 371 g/mol. The van der Waals surface area contributed by atoms with Gasteiger partial charge in [-0.2, -0.15) is 0 Å². The van der Waals surface area contributed by atoms with E-state index < -0.39 is 0 Å². The Bertz CT molecular complexity index is 950. The number of carbonyl (C=O) groups excluding carboxylic acids is 1. The number of nitrogens with zero attached hydrogens (tertiary/aromatic N) is 1. The van der Waals surface area contributed by atoms with Crippen LogP contribution in [0.3, 0.4) is 0 Å². The van der Waals surface area contributed by atoms with Crippen molar-refractivity contribution in [3.05, 3.63) is 75.6 Å². The zero-order valence-corrected chi connectivity index (χ0v) is 15.6. The Morgan fingerprint density at radius 1 is 1.15 bits per heavy atom. The number of aromatic nitrogens is 1. The molecule has 0 aliphatic rings. The fourth-order valence-electron chi connectivity index (χ4n) is 2.46. The van der Waals surface area contributed by atoms with Crippen LogP contribution in [0, 0.1) is 20.8 Å². The molecule has 3 aromatic rings. The summed E-state index contributed by atoms with van der Waals surface area (Å²) in [5.41, 5.74) is 3.76. The highest BCUT2D eigenvalue weighted by molar-refractivity contribution is 6.32. The van der Waals surface area contributed by atoms with E-state index in [0.717, 1.165) is 11.1 Å². The third-order valence-corrected chi connectivity index (χ3v) is 4.49. The van der Waals surface area contributed by atoms with Gasteiger partial charge in [0.1, 0.15) is 18.1 Å². The molecule has 6 heteroatoms. The molecule has 0 aliphatic heterocycles. The van der Waals surface area contributed by atoms with Crippen LogP contribution in [-0.2, 0) is 6.61 Å². The minimum Gasteiger partial charge on any atom is -0.487 e. The molecular formula is C20H19ClN2O3. The molecule has 0 bridgehead atoms. The third-order valence-electron chi connectivity index (χ3n) is 4.17. The molecule has 1 amide bonds. The molecule has 0 spiro atoms. The summed E-state index contributed by atoms with van der Waals surface area (Å²) in [6, 6.07) is 12.9. The second-order valence-corrected chi connectivity index (χ2v) is 6.45. The second-order valence-electron chi connectivity index (χ2n) is 6.04. The van der Waals surface area contributed by atoms with Crippen molar-refractivity contribution in [3.63, 3.8) is 0 Å². The smallest absolute Gasteiger partial charge is 0.278 e. The zero-order valence-electron chi connectivity index (χ0n) is 14.8. The number of aryl methyl sites for hydroxylation is 3. The normalized spacial score (nSPS) is 10.6. The summed E-state index contributed by atoms with van der Waals surface area (Å²) in [6.07, 6.45) is 0. The number of hydrogen-bond donors (Lipinski definition) is 1. The first-order valence-electron chi connectivity index (χ1n) is 8.17. The quantitative estimate of drug-likeness (QED) is 0.679. The second kappa shape index (κ2) is 7.62. The van der Waals surface area contributed by atoms with E-state index in [1.807, 2.05) is 44.2 Å². The summed E-state index contributed by atoms with van der Waals surface area (Å²) in [4.78, 5) is 12.6. The van der Waals surface area contributed by atoms with E-state index in [2.05, 4.69) is 10.5 Å². The van der Waals surface area contributed by atoms with Crippen molar-refractivity contribution in [1.29, 1.82) is 0 Å². The molecule has 2 aromatic carbocycles. The average Bonchev–Trinajstić information content (AvgIpc) is 2.98. The first kappa shape index (κ1) is 18.0. The number of anilines is 1. The van der Waals surface area contributed by atoms with Gasteiger partial charge in [-0.15, -0.1) is 0 Å². The number of nitrogens with one attached hydrogen (secondary N) is 1. The van der Waals surface area contributed by atoms with E-state index in [0.29, 0.717) is 27.8 Å². The molecule has 0 fully saturated rings. The number of halogens is 1. The fourth-order valence-corrected chi connectivity index (χ4v) is 2.65. The van der Waals surface area contributed by atoms with Gasteiger partial charge in [-0.3, -0.25) is 4.79 Å². The van der Waals surface area contributed by atoms with Crippen molar-refractivity contribution in [2.24, 2.45) is 0 Å². The number of rotatable bonds is 5. The molecule has 0 saturated heterocycles. The third kappa shape index (κ3) is 3.89. The molecular weight excluding hydrogens is 352 g/mol. The van der Waals surface area contributed by atoms with E-state index in [1.165, 1.54) is 0 Å². The lowest BCUT2D eigenvalue weighted by atomic mass is 10.1. The first-order chi connectivity index (χ1) is 12.5. The minimum atomic E-state index is -0.345. The molecule has 0 saturated carbocycles. The minimum absolute atomic E-state index is 0.134. The van der Waals surface area contributed by atoms with E-state index in [9.17, 15) is 4.79 Å². The van der Waals surface area contributed by atoms with Gasteiger partial charge in [-0.1, -0.05) is 35.0 Å². The summed E-state index contributed by atoms with van der Waals surface area (Å²) in [6.45, 7) is 5.89. The molecule has 5 nitrogen and oxygen atoms in total. The summed E-state index contributed by atoms with van der Waals surface area (Å²) in [5.74, 6) is 0.723. The monoisotopic (exact) mass is 370 g/mol. The number of benzene rings is 2. The van der Waals surface area contributed by atoms with Crippen LogP contribution in [0.15, 0.2) is 47.0 Å². The Balaban J connectivity index is 1.77. The predicted molar refractivity (Wildman–Crippen MR) is 101 cm³/mol. The summed E-state index contributed by atoms with van der Waals surface area (Å²) in [7, 11) is 0. The predicted octanol–water partition coefficient (Wildman–Crippen LogP) is 5.08. The highest BCUT2D eigenvalue weighted by Gasteiger charge is 2.21. The summed E-state index contributed by atoms with van der Waals surface area (Å²) < 4.78 is 10.9. The van der Waals surface area contributed by atoms with E-state index in [4.69, 9.17) is 20.9 Å². The lowest BCUT2D eigenvalue weighted by Crippen LogP contribution is -2.15. The number of amides is 1. The van der Waals surface area contributed by atoms with Gasteiger partial charge in [0.15, 0.2) is 5.69 Å². The fraction of sp³-hybridized carbons (Fsp3) is 0.200. The van der Waals surface area contributed by atoms with Crippen molar-refractivity contribution in [1.82, 2.24) is 5.16 Å². The maximum absolute atomic E-state index is 12.6. The van der Waals surface area contributed by atoms with Crippen molar-refractivity contribution in [2.45, 2.75) is 27.4 Å². The number of carbonyl (C=O) groups is 1. The Morgan fingerprint density at radius 3 is 2.65 bits per heavy atom. The highest BCUT2D eigenvalue weighted by atomic mass is 35.5. The van der Waals surface area contributed by atoms with Crippen LogP contribution in [0.5, 0.6) is 5.75 Å². The van der Waals surface area contributed by atoms with E-state index in [1.54, 1.807) is 19.1 Å². The Morgan fingerprint density at radius 2 is 1.92 bits per heavy atom. The van der Waals surface area contributed by atoms with Gasteiger partial charge in [0.2, 0.25) is 0 Å². The van der Waals surface area contributed by atoms with Crippen LogP contribution < -0.4 is 10.1 Å². The van der Waals surface area contributed by atoms with Gasteiger partial charge in [0, 0.05) is 5.69 Å². The van der Waals surface area contributed by atoms with Crippen LogP contribution >= 0.6 is 11.6 Å². The van der Waals surface area contributed by atoms with Crippen molar-refractivity contribution in [2.75, 3.05) is 5.32 Å². The molecule has 0 atom stereocenters. The summed E-state index contributed by atoms with van der Waals surface area (Å²) in [5, 5.41) is 7.24. The number of para-hydroxylation sites is 1. The Hall–Kier alpha value is -2.79. The van der Waals surface area contributed by atoms with E-state index in [-0.39, 0.29) is 18.2 Å². The van der Waals surface area contributed by atoms with Gasteiger partial charge in [-0.25, -0.2) is 0 Å². The first-order valence-corrected chi connectivity index (χ1v) is 8.54. The molecule has 1 aromatic heterocycles. The number of hydrogen-bond acceptors (Lipinski definition) is 4. The van der Waals surface area contributed by atoms with Gasteiger partial charge in [0.25, 0.3) is 5.91 Å². The van der Waals surface area contributed by atoms with Crippen LogP contribution in [0.4, 0.5) is 5.69 Å². The van der Waals surface area contributed by atoms with Crippen molar-refractivity contribution in [3.8, 4) is 5.75 Å². The SMILES string of the molecule is Cc1ccc(NC(=O)c2noc(C)c2COc2ccccc2Cl)cc1C. The van der Waals surface area contributed by atoms with Gasteiger partial charge >= 0.3 is 0 Å². The van der Waals surface area contributed by atoms with Crippen LogP contribution in [0.1, 0.15) is 32.9 Å². The van der Waals surface area contributed by atoms with Crippen LogP contribution in [0.2, 0.25) is 5.02 Å². The highest BCUT2D eigenvalue weighted by Crippen LogP contribution is 2.25. The van der Waals surface area contributed by atoms with Crippen LogP contribution in [0.25, 0.3) is 0 Å². The maximum atomic E-state index is 12.6. The molecule has 0 unspecified atom stereocenters. The van der Waals surface area contributed by atoms with Gasteiger partial charge in [0.05, 0.1) is 10.6 Å². The lowest BCUT2D eigenvalue weighted by molar-refractivity contribution is 0.101.